The lowest BCUT2D eigenvalue weighted by Gasteiger charge is -2.38. The number of nitrogens with two attached hydrogens (primary N) is 1. The lowest BCUT2D eigenvalue weighted by Crippen LogP contribution is -2.56. The van der Waals surface area contributed by atoms with E-state index in [4.69, 9.17) is 5.73 Å². The van der Waals surface area contributed by atoms with Crippen LogP contribution in [0.2, 0.25) is 0 Å². The zero-order valence-electron chi connectivity index (χ0n) is 22.4. The summed E-state index contributed by atoms with van der Waals surface area (Å²) < 4.78 is 158. The molecule has 1 amide bonds. The molecule has 1 aliphatic heterocycles. The molecule has 44 heavy (non-hydrogen) atoms. The SMILES string of the molecule is NC(=O)CN1CC[C@@](c2ccc(C(OCc3c(F)cccc3F)(C(F)(F)F)C(F)(F)F)cc2)(S(=O)(=O)c2ccc(F)cc2)C1. The van der Waals surface area contributed by atoms with Gasteiger partial charge in [-0.25, -0.2) is 21.6 Å². The van der Waals surface area contributed by atoms with Gasteiger partial charge in [-0.15, -0.1) is 0 Å². The van der Waals surface area contributed by atoms with Gasteiger partial charge in [-0.05, 0) is 48.4 Å². The molecule has 3 aromatic carbocycles. The maximum absolute atomic E-state index is 14.3. The highest BCUT2D eigenvalue weighted by atomic mass is 32.2. The van der Waals surface area contributed by atoms with Crippen LogP contribution in [0.15, 0.2) is 71.6 Å². The Balaban J connectivity index is 1.85. The van der Waals surface area contributed by atoms with E-state index in [-0.39, 0.29) is 23.4 Å². The number of carbonyl (C=O) groups excluding carboxylic acids is 1. The molecule has 0 radical (unpaired) electrons. The Morgan fingerprint density at radius 1 is 0.864 bits per heavy atom. The highest BCUT2D eigenvalue weighted by molar-refractivity contribution is 7.92. The first-order valence-electron chi connectivity index (χ1n) is 12.7. The number of sulfone groups is 1. The predicted octanol–water partition coefficient (Wildman–Crippen LogP) is 5.50. The van der Waals surface area contributed by atoms with Crippen molar-refractivity contribution >= 4 is 15.7 Å². The third kappa shape index (κ3) is 5.77. The van der Waals surface area contributed by atoms with Crippen molar-refractivity contribution in [2.75, 3.05) is 19.6 Å². The minimum absolute atomic E-state index is 0.0442. The van der Waals surface area contributed by atoms with Crippen LogP contribution in [0, 0.1) is 17.5 Å². The number of rotatable bonds is 9. The summed E-state index contributed by atoms with van der Waals surface area (Å²) in [6, 6.07) is 7.95. The maximum atomic E-state index is 14.3. The van der Waals surface area contributed by atoms with Gasteiger partial charge in [0.05, 0.1) is 18.0 Å². The fourth-order valence-corrected chi connectivity index (χ4v) is 7.36. The molecule has 1 saturated heterocycles. The first kappa shape index (κ1) is 33.3. The molecule has 16 heteroatoms. The third-order valence-corrected chi connectivity index (χ3v) is 9.93. The Labute approximate surface area is 245 Å². The van der Waals surface area contributed by atoms with Gasteiger partial charge in [0.15, 0.2) is 9.84 Å². The van der Waals surface area contributed by atoms with E-state index < -0.39 is 86.7 Å². The van der Waals surface area contributed by atoms with Gasteiger partial charge in [0, 0.05) is 24.2 Å². The zero-order valence-corrected chi connectivity index (χ0v) is 23.2. The summed E-state index contributed by atoms with van der Waals surface area (Å²) in [5, 5.41) is 0. The lowest BCUT2D eigenvalue weighted by atomic mass is 9.88. The average Bonchev–Trinajstić information content (AvgIpc) is 3.34. The van der Waals surface area contributed by atoms with E-state index in [0.29, 0.717) is 24.3 Å². The molecule has 0 aromatic heterocycles. The molecule has 1 atom stereocenters. The number of hydrogen-bond acceptors (Lipinski definition) is 5. The van der Waals surface area contributed by atoms with E-state index >= 15 is 0 Å². The summed E-state index contributed by atoms with van der Waals surface area (Å²) in [6.45, 7) is -2.63. The number of halogens is 9. The molecule has 4 rings (SSSR count). The summed E-state index contributed by atoms with van der Waals surface area (Å²) in [4.78, 5) is 12.5. The van der Waals surface area contributed by atoms with Crippen LogP contribution in [0.5, 0.6) is 0 Å². The molecule has 238 valence electrons. The fraction of sp³-hybridized carbons (Fsp3) is 0.321. The molecule has 2 N–H and O–H groups in total. The second-order valence-corrected chi connectivity index (χ2v) is 12.4. The number of alkyl halides is 6. The first-order chi connectivity index (χ1) is 20.4. The van der Waals surface area contributed by atoms with Crippen LogP contribution in [-0.2, 0) is 36.3 Å². The van der Waals surface area contributed by atoms with Crippen molar-refractivity contribution in [2.24, 2.45) is 5.73 Å². The number of benzene rings is 3. The summed E-state index contributed by atoms with van der Waals surface area (Å²) in [7, 11) is -4.52. The van der Waals surface area contributed by atoms with E-state index in [1.165, 1.54) is 4.90 Å². The van der Waals surface area contributed by atoms with Gasteiger partial charge >= 0.3 is 12.4 Å². The average molecular weight is 655 g/mol. The van der Waals surface area contributed by atoms with Crippen molar-refractivity contribution in [1.82, 2.24) is 4.90 Å². The van der Waals surface area contributed by atoms with Crippen LogP contribution in [0.4, 0.5) is 39.5 Å². The highest BCUT2D eigenvalue weighted by Gasteiger charge is 2.73. The van der Waals surface area contributed by atoms with Crippen LogP contribution in [0.25, 0.3) is 0 Å². The van der Waals surface area contributed by atoms with Crippen molar-refractivity contribution in [3.63, 3.8) is 0 Å². The molecule has 0 unspecified atom stereocenters. The van der Waals surface area contributed by atoms with Crippen molar-refractivity contribution in [3.8, 4) is 0 Å². The second kappa shape index (κ2) is 11.7. The number of ether oxygens (including phenoxy) is 1. The Bertz CT molecular complexity index is 1590. The minimum atomic E-state index is -6.21. The first-order valence-corrected chi connectivity index (χ1v) is 14.2. The van der Waals surface area contributed by atoms with Gasteiger partial charge in [0.1, 0.15) is 22.2 Å². The number of primary amides is 1. The van der Waals surface area contributed by atoms with E-state index in [1.807, 2.05) is 0 Å². The van der Waals surface area contributed by atoms with E-state index in [0.717, 1.165) is 42.5 Å². The van der Waals surface area contributed by atoms with Crippen LogP contribution < -0.4 is 5.73 Å². The second-order valence-electron chi connectivity index (χ2n) is 10.1. The number of amides is 1. The van der Waals surface area contributed by atoms with Crippen molar-refractivity contribution < 1.29 is 57.5 Å². The normalized spacial score (nSPS) is 18.5. The summed E-state index contributed by atoms with van der Waals surface area (Å²) in [6.07, 6.45) is -12.7. The maximum Gasteiger partial charge on any atom is 0.430 e. The van der Waals surface area contributed by atoms with E-state index in [1.54, 1.807) is 0 Å². The minimum Gasteiger partial charge on any atom is -0.369 e. The third-order valence-electron chi connectivity index (χ3n) is 7.44. The topological polar surface area (TPSA) is 89.7 Å². The standard InChI is InChI=1S/C28H23F9N2O4S/c29-19-8-10-20(11-9-19)44(41,42)25(12-13-39(16-25)14-24(38)40)17-4-6-18(7-5-17)26(27(32,33)34,28(35,36)37)43-15-21-22(30)2-1-3-23(21)31/h1-11H,12-16H2,(H2,38,40)/t25-/m1/s1. The molecule has 1 fully saturated rings. The molecule has 6 nitrogen and oxygen atoms in total. The summed E-state index contributed by atoms with van der Waals surface area (Å²) in [5.41, 5.74) is -2.81. The van der Waals surface area contributed by atoms with Gasteiger partial charge in [-0.3, -0.25) is 9.69 Å². The Morgan fingerprint density at radius 2 is 1.41 bits per heavy atom. The largest absolute Gasteiger partial charge is 0.430 e. The van der Waals surface area contributed by atoms with Crippen LogP contribution in [0.1, 0.15) is 23.1 Å². The molecular weight excluding hydrogens is 631 g/mol. The Morgan fingerprint density at radius 3 is 1.91 bits per heavy atom. The summed E-state index contributed by atoms with van der Waals surface area (Å²) >= 11 is 0. The smallest absolute Gasteiger partial charge is 0.369 e. The van der Waals surface area contributed by atoms with E-state index in [2.05, 4.69) is 4.74 Å². The van der Waals surface area contributed by atoms with Gasteiger partial charge in [-0.1, -0.05) is 30.3 Å². The Hall–Kier alpha value is -3.63. The highest BCUT2D eigenvalue weighted by Crippen LogP contribution is 2.54. The number of carbonyl (C=O) groups is 1. The molecular formula is C28H23F9N2O4S. The Kier molecular flexibility index (Phi) is 8.85. The quantitative estimate of drug-likeness (QED) is 0.243. The molecule has 1 aliphatic rings. The van der Waals surface area contributed by atoms with Crippen LogP contribution in [-0.4, -0.2) is 51.2 Å². The van der Waals surface area contributed by atoms with Gasteiger partial charge in [0.25, 0.3) is 5.60 Å². The molecule has 0 bridgehead atoms. The van der Waals surface area contributed by atoms with Crippen LogP contribution in [0.3, 0.4) is 0 Å². The van der Waals surface area contributed by atoms with Gasteiger partial charge < -0.3 is 10.5 Å². The van der Waals surface area contributed by atoms with Crippen molar-refractivity contribution in [2.45, 2.75) is 40.6 Å². The number of hydrogen-bond donors (Lipinski definition) is 1. The van der Waals surface area contributed by atoms with Gasteiger partial charge in [0.2, 0.25) is 5.91 Å². The summed E-state index contributed by atoms with van der Waals surface area (Å²) in [5.74, 6) is -4.46. The van der Waals surface area contributed by atoms with Crippen molar-refractivity contribution in [3.05, 3.63) is 101 Å². The predicted molar refractivity (Wildman–Crippen MR) is 137 cm³/mol. The van der Waals surface area contributed by atoms with E-state index in [9.17, 15) is 52.7 Å². The molecule has 0 saturated carbocycles. The lowest BCUT2D eigenvalue weighted by molar-refractivity contribution is -0.392. The number of likely N-dealkylation sites (tertiary alicyclic amines) is 1. The zero-order chi connectivity index (χ0) is 32.7. The fourth-order valence-electron chi connectivity index (χ4n) is 5.26. The molecule has 0 aliphatic carbocycles. The van der Waals surface area contributed by atoms with Crippen LogP contribution >= 0.6 is 0 Å². The molecule has 0 spiro atoms. The molecule has 1 heterocycles. The number of nitrogens with zero attached hydrogens (tertiary/aromatic N) is 1. The monoisotopic (exact) mass is 654 g/mol. The van der Waals surface area contributed by atoms with Gasteiger partial charge in [-0.2, -0.15) is 26.3 Å². The molecule has 3 aromatic rings. The van der Waals surface area contributed by atoms with Crippen molar-refractivity contribution in [1.29, 1.82) is 0 Å².